The predicted molar refractivity (Wildman–Crippen MR) is 108 cm³/mol. The Morgan fingerprint density at radius 1 is 1.04 bits per heavy atom. The molecule has 0 saturated heterocycles. The minimum atomic E-state index is -0.145. The van der Waals surface area contributed by atoms with E-state index in [1.807, 2.05) is 55.1 Å². The molecule has 0 fully saturated rings. The normalized spacial score (nSPS) is 16.8. The summed E-state index contributed by atoms with van der Waals surface area (Å²) >= 11 is 0. The molecular weight excluding hydrogens is 352 g/mol. The minimum absolute atomic E-state index is 0.126. The Morgan fingerprint density at radius 2 is 1.75 bits per heavy atom. The highest BCUT2D eigenvalue weighted by atomic mass is 16.5. The van der Waals surface area contributed by atoms with E-state index in [0.29, 0.717) is 37.8 Å². The van der Waals surface area contributed by atoms with Gasteiger partial charge in [0.1, 0.15) is 0 Å². The van der Waals surface area contributed by atoms with Gasteiger partial charge in [-0.3, -0.25) is 4.79 Å². The van der Waals surface area contributed by atoms with Gasteiger partial charge in [0.15, 0.2) is 5.82 Å². The van der Waals surface area contributed by atoms with Gasteiger partial charge >= 0.3 is 0 Å². The summed E-state index contributed by atoms with van der Waals surface area (Å²) in [6, 6.07) is 18.1. The largest absolute Gasteiger partial charge is 0.361 e. The molecule has 0 saturated carbocycles. The molecule has 1 amide bonds. The molecule has 2 heterocycles. The van der Waals surface area contributed by atoms with Crippen LogP contribution in [0.3, 0.4) is 0 Å². The summed E-state index contributed by atoms with van der Waals surface area (Å²) in [5.74, 6) is 1.26. The Balaban J connectivity index is 1.69. The SMILES string of the molecule is CCc1nc(CN2C[C@@H](C)C(=O)N(Cc3ccccc3)c3ccccc32)no1. The highest BCUT2D eigenvalue weighted by Crippen LogP contribution is 2.35. The smallest absolute Gasteiger partial charge is 0.231 e. The number of aryl methyl sites for hydroxylation is 1. The van der Waals surface area contributed by atoms with Crippen LogP contribution in [-0.2, 0) is 24.3 Å². The Labute approximate surface area is 164 Å². The van der Waals surface area contributed by atoms with Crippen LogP contribution >= 0.6 is 0 Å². The Bertz CT molecular complexity index is 954. The first-order valence-electron chi connectivity index (χ1n) is 9.66. The fourth-order valence-electron chi connectivity index (χ4n) is 3.60. The van der Waals surface area contributed by atoms with Crippen LogP contribution in [0.1, 0.15) is 31.1 Å². The van der Waals surface area contributed by atoms with E-state index in [0.717, 1.165) is 16.9 Å². The highest BCUT2D eigenvalue weighted by Gasteiger charge is 2.31. The average molecular weight is 376 g/mol. The maximum absolute atomic E-state index is 13.2. The number of carbonyl (C=O) groups excluding carboxylic acids is 1. The summed E-state index contributed by atoms with van der Waals surface area (Å²) in [7, 11) is 0. The van der Waals surface area contributed by atoms with Crippen molar-refractivity contribution in [3.05, 3.63) is 71.9 Å². The summed E-state index contributed by atoms with van der Waals surface area (Å²) in [6.07, 6.45) is 0.712. The number of anilines is 2. The van der Waals surface area contributed by atoms with E-state index in [1.54, 1.807) is 0 Å². The molecule has 6 heteroatoms. The molecule has 1 aromatic heterocycles. The van der Waals surface area contributed by atoms with Crippen LogP contribution in [0.2, 0.25) is 0 Å². The molecule has 0 N–H and O–H groups in total. The van der Waals surface area contributed by atoms with Gasteiger partial charge in [0, 0.05) is 13.0 Å². The van der Waals surface area contributed by atoms with Crippen molar-refractivity contribution in [2.45, 2.75) is 33.4 Å². The summed E-state index contributed by atoms with van der Waals surface area (Å²) < 4.78 is 5.26. The number of amides is 1. The molecule has 0 aliphatic carbocycles. The Hall–Kier alpha value is -3.15. The van der Waals surface area contributed by atoms with Crippen molar-refractivity contribution in [3.8, 4) is 0 Å². The first-order valence-corrected chi connectivity index (χ1v) is 9.66. The van der Waals surface area contributed by atoms with Gasteiger partial charge in [-0.1, -0.05) is 61.5 Å². The molecule has 0 unspecified atom stereocenters. The lowest BCUT2D eigenvalue weighted by Gasteiger charge is -2.26. The minimum Gasteiger partial charge on any atom is -0.361 e. The molecule has 3 aromatic rings. The van der Waals surface area contributed by atoms with Gasteiger partial charge in [-0.05, 0) is 17.7 Å². The van der Waals surface area contributed by atoms with E-state index in [-0.39, 0.29) is 11.8 Å². The predicted octanol–water partition coefficient (Wildman–Crippen LogP) is 3.82. The van der Waals surface area contributed by atoms with E-state index in [4.69, 9.17) is 4.52 Å². The molecule has 28 heavy (non-hydrogen) atoms. The lowest BCUT2D eigenvalue weighted by atomic mass is 10.1. The van der Waals surface area contributed by atoms with Crippen LogP contribution < -0.4 is 9.80 Å². The second-order valence-corrected chi connectivity index (χ2v) is 7.14. The van der Waals surface area contributed by atoms with Gasteiger partial charge in [0.25, 0.3) is 0 Å². The number of rotatable bonds is 5. The van der Waals surface area contributed by atoms with E-state index in [9.17, 15) is 4.79 Å². The summed E-state index contributed by atoms with van der Waals surface area (Å²) in [6.45, 7) is 5.64. The first-order chi connectivity index (χ1) is 13.7. The van der Waals surface area contributed by atoms with Gasteiger partial charge in [0.05, 0.1) is 30.4 Å². The number of benzene rings is 2. The second kappa shape index (κ2) is 7.84. The molecule has 6 nitrogen and oxygen atoms in total. The molecule has 1 aliphatic rings. The van der Waals surface area contributed by atoms with Crippen molar-refractivity contribution < 1.29 is 9.32 Å². The lowest BCUT2D eigenvalue weighted by molar-refractivity contribution is -0.121. The number of hydrogen-bond donors (Lipinski definition) is 0. The van der Waals surface area contributed by atoms with Crippen molar-refractivity contribution in [2.75, 3.05) is 16.3 Å². The first kappa shape index (κ1) is 18.2. The average Bonchev–Trinajstić information content (AvgIpc) is 3.16. The number of carbonyl (C=O) groups is 1. The van der Waals surface area contributed by atoms with Gasteiger partial charge in [-0.25, -0.2) is 0 Å². The monoisotopic (exact) mass is 376 g/mol. The van der Waals surface area contributed by atoms with E-state index < -0.39 is 0 Å². The molecule has 1 aliphatic heterocycles. The Morgan fingerprint density at radius 3 is 2.46 bits per heavy atom. The number of nitrogens with zero attached hydrogens (tertiary/aromatic N) is 4. The van der Waals surface area contributed by atoms with Crippen molar-refractivity contribution >= 4 is 17.3 Å². The molecule has 4 rings (SSSR count). The fraction of sp³-hybridized carbons (Fsp3) is 0.318. The zero-order valence-corrected chi connectivity index (χ0v) is 16.2. The van der Waals surface area contributed by atoms with Gasteiger partial charge < -0.3 is 14.3 Å². The van der Waals surface area contributed by atoms with Gasteiger partial charge in [0.2, 0.25) is 11.8 Å². The number of fused-ring (bicyclic) bond motifs is 1. The van der Waals surface area contributed by atoms with Crippen molar-refractivity contribution in [2.24, 2.45) is 5.92 Å². The topological polar surface area (TPSA) is 62.5 Å². The molecule has 1 atom stereocenters. The zero-order chi connectivity index (χ0) is 19.5. The molecule has 0 spiro atoms. The highest BCUT2D eigenvalue weighted by molar-refractivity contribution is 5.99. The van der Waals surface area contributed by atoms with Crippen LogP contribution in [0.25, 0.3) is 0 Å². The summed E-state index contributed by atoms with van der Waals surface area (Å²) in [5.41, 5.74) is 3.04. The van der Waals surface area contributed by atoms with Crippen molar-refractivity contribution in [1.82, 2.24) is 10.1 Å². The van der Waals surface area contributed by atoms with Gasteiger partial charge in [-0.15, -0.1) is 0 Å². The molecule has 0 radical (unpaired) electrons. The quantitative estimate of drug-likeness (QED) is 0.677. The number of aromatic nitrogens is 2. The number of para-hydroxylation sites is 2. The maximum atomic E-state index is 13.2. The third kappa shape index (κ3) is 3.63. The van der Waals surface area contributed by atoms with Gasteiger partial charge in [-0.2, -0.15) is 4.98 Å². The van der Waals surface area contributed by atoms with Crippen molar-refractivity contribution in [3.63, 3.8) is 0 Å². The summed E-state index contributed by atoms with van der Waals surface area (Å²) in [5, 5.41) is 4.09. The molecule has 0 bridgehead atoms. The molecule has 2 aromatic carbocycles. The summed E-state index contributed by atoms with van der Waals surface area (Å²) in [4.78, 5) is 21.7. The van der Waals surface area contributed by atoms with Crippen molar-refractivity contribution in [1.29, 1.82) is 0 Å². The van der Waals surface area contributed by atoms with Crippen LogP contribution in [-0.4, -0.2) is 22.6 Å². The second-order valence-electron chi connectivity index (χ2n) is 7.14. The van der Waals surface area contributed by atoms with Crippen LogP contribution in [0.5, 0.6) is 0 Å². The van der Waals surface area contributed by atoms with Crippen LogP contribution in [0.4, 0.5) is 11.4 Å². The lowest BCUT2D eigenvalue weighted by Crippen LogP contribution is -2.36. The van der Waals surface area contributed by atoms with E-state index in [1.165, 1.54) is 0 Å². The van der Waals surface area contributed by atoms with E-state index in [2.05, 4.69) is 33.2 Å². The zero-order valence-electron chi connectivity index (χ0n) is 16.2. The standard InChI is InChI=1S/C22H24N4O2/c1-3-21-23-20(24-28-21)15-25-13-16(2)22(27)26(14-17-9-5-4-6-10-17)19-12-8-7-11-18(19)25/h4-12,16H,3,13-15H2,1-2H3/t16-/m1/s1. The number of hydrogen-bond acceptors (Lipinski definition) is 5. The maximum Gasteiger partial charge on any atom is 0.231 e. The third-order valence-electron chi connectivity index (χ3n) is 5.02. The fourth-order valence-corrected chi connectivity index (χ4v) is 3.60. The molecule has 144 valence electrons. The van der Waals surface area contributed by atoms with E-state index >= 15 is 0 Å². The molecular formula is C22H24N4O2. The van der Waals surface area contributed by atoms with Crippen LogP contribution in [0.15, 0.2) is 59.1 Å². The Kier molecular flexibility index (Phi) is 5.10. The third-order valence-corrected chi connectivity index (χ3v) is 5.02. The van der Waals surface area contributed by atoms with Crippen LogP contribution in [0, 0.1) is 5.92 Å².